The molecule has 2 rings (SSSR count). The molecule has 0 aliphatic heterocycles. The van der Waals surface area contributed by atoms with E-state index in [-0.39, 0.29) is 16.8 Å². The predicted molar refractivity (Wildman–Crippen MR) is 63.3 cm³/mol. The first-order valence-electron chi connectivity index (χ1n) is 5.42. The van der Waals surface area contributed by atoms with Gasteiger partial charge in [-0.15, -0.1) is 13.2 Å². The number of hydrogen-bond donors (Lipinski definition) is 1. The van der Waals surface area contributed by atoms with E-state index < -0.39 is 18.1 Å². The van der Waals surface area contributed by atoms with Crippen molar-refractivity contribution >= 4 is 5.97 Å². The molecule has 1 aromatic heterocycles. The molecule has 1 heterocycles. The number of hydrogen-bond acceptors (Lipinski definition) is 3. The lowest BCUT2D eigenvalue weighted by Gasteiger charge is -2.14. The molecule has 4 nitrogen and oxygen atoms in total. The lowest BCUT2D eigenvalue weighted by atomic mass is 10.0. The van der Waals surface area contributed by atoms with Crippen LogP contribution < -0.4 is 4.74 Å². The summed E-state index contributed by atoms with van der Waals surface area (Å²) in [4.78, 5) is 15.0. The zero-order chi connectivity index (χ0) is 14.8. The summed E-state index contributed by atoms with van der Waals surface area (Å²) in [5.74, 6) is -1.96. The number of aromatic nitrogens is 1. The maximum absolute atomic E-state index is 12.4. The van der Waals surface area contributed by atoms with E-state index in [0.717, 1.165) is 6.07 Å². The number of ether oxygens (including phenoxy) is 1. The topological polar surface area (TPSA) is 59.4 Å². The van der Waals surface area contributed by atoms with Crippen LogP contribution in [0.3, 0.4) is 0 Å². The van der Waals surface area contributed by atoms with E-state index >= 15 is 0 Å². The van der Waals surface area contributed by atoms with Crippen LogP contribution in [0.4, 0.5) is 13.2 Å². The molecule has 0 unspecified atom stereocenters. The van der Waals surface area contributed by atoms with Crippen LogP contribution in [0.15, 0.2) is 42.6 Å². The number of carboxylic acids is 1. The number of pyridine rings is 1. The number of aromatic carboxylic acids is 1. The van der Waals surface area contributed by atoms with Crippen LogP contribution in [-0.4, -0.2) is 22.4 Å². The molecule has 0 saturated carbocycles. The third-order valence-electron chi connectivity index (χ3n) is 2.40. The van der Waals surface area contributed by atoms with Crippen LogP contribution in [0, 0.1) is 0 Å². The monoisotopic (exact) mass is 283 g/mol. The van der Waals surface area contributed by atoms with Gasteiger partial charge in [0.05, 0.1) is 16.8 Å². The van der Waals surface area contributed by atoms with Gasteiger partial charge in [-0.3, -0.25) is 4.98 Å². The SMILES string of the molecule is O=C(O)c1cccc(OC(F)(F)F)c1-c1ccccn1. The van der Waals surface area contributed by atoms with Crippen molar-refractivity contribution in [2.45, 2.75) is 6.36 Å². The summed E-state index contributed by atoms with van der Waals surface area (Å²) >= 11 is 0. The number of carbonyl (C=O) groups is 1. The van der Waals surface area contributed by atoms with Gasteiger partial charge in [0, 0.05) is 6.20 Å². The van der Waals surface area contributed by atoms with Crippen molar-refractivity contribution in [1.29, 1.82) is 0 Å². The Bertz CT molecular complexity index is 627. The molecule has 0 atom stereocenters. The molecule has 20 heavy (non-hydrogen) atoms. The van der Waals surface area contributed by atoms with Crippen LogP contribution in [-0.2, 0) is 0 Å². The lowest BCUT2D eigenvalue weighted by molar-refractivity contribution is -0.274. The molecule has 1 aromatic carbocycles. The fourth-order valence-electron chi connectivity index (χ4n) is 1.69. The zero-order valence-electron chi connectivity index (χ0n) is 9.89. The molecule has 1 N–H and O–H groups in total. The van der Waals surface area contributed by atoms with Gasteiger partial charge >= 0.3 is 12.3 Å². The summed E-state index contributed by atoms with van der Waals surface area (Å²) in [5, 5.41) is 9.09. The maximum Gasteiger partial charge on any atom is 0.573 e. The fourth-order valence-corrected chi connectivity index (χ4v) is 1.69. The van der Waals surface area contributed by atoms with Crippen LogP contribution in [0.1, 0.15) is 10.4 Å². The fraction of sp³-hybridized carbons (Fsp3) is 0.0769. The van der Waals surface area contributed by atoms with Crippen LogP contribution in [0.25, 0.3) is 11.3 Å². The van der Waals surface area contributed by atoms with Gasteiger partial charge in [-0.05, 0) is 24.3 Å². The summed E-state index contributed by atoms with van der Waals surface area (Å²) in [6, 6.07) is 7.93. The molecule has 7 heteroatoms. The number of benzene rings is 1. The highest BCUT2D eigenvalue weighted by molar-refractivity contribution is 5.97. The molecular formula is C13H8F3NO3. The average Bonchev–Trinajstić information content (AvgIpc) is 2.37. The first-order valence-corrected chi connectivity index (χ1v) is 5.42. The Hall–Kier alpha value is -2.57. The Morgan fingerprint density at radius 2 is 1.90 bits per heavy atom. The Balaban J connectivity index is 2.64. The van der Waals surface area contributed by atoms with Crippen molar-refractivity contribution in [3.8, 4) is 17.0 Å². The van der Waals surface area contributed by atoms with Crippen molar-refractivity contribution in [1.82, 2.24) is 4.98 Å². The van der Waals surface area contributed by atoms with Crippen molar-refractivity contribution in [3.63, 3.8) is 0 Å². The second-order valence-corrected chi connectivity index (χ2v) is 3.75. The minimum Gasteiger partial charge on any atom is -0.478 e. The lowest BCUT2D eigenvalue weighted by Crippen LogP contribution is -2.18. The molecule has 104 valence electrons. The standard InChI is InChI=1S/C13H8F3NO3/c14-13(15,16)20-10-6-3-4-8(12(18)19)11(10)9-5-1-2-7-17-9/h1-7H,(H,18,19). The Morgan fingerprint density at radius 1 is 1.15 bits per heavy atom. The number of halogens is 3. The minimum absolute atomic E-state index is 0.0877. The van der Waals surface area contributed by atoms with Crippen LogP contribution >= 0.6 is 0 Å². The van der Waals surface area contributed by atoms with E-state index in [4.69, 9.17) is 5.11 Å². The Morgan fingerprint density at radius 3 is 2.45 bits per heavy atom. The first kappa shape index (κ1) is 13.9. The summed E-state index contributed by atoms with van der Waals surface area (Å²) in [5.41, 5.74) is -0.437. The second-order valence-electron chi connectivity index (χ2n) is 3.75. The normalized spacial score (nSPS) is 11.2. The van der Waals surface area contributed by atoms with Crippen LogP contribution in [0.5, 0.6) is 5.75 Å². The number of alkyl halides is 3. The van der Waals surface area contributed by atoms with Gasteiger partial charge in [0.1, 0.15) is 5.75 Å². The molecular weight excluding hydrogens is 275 g/mol. The van der Waals surface area contributed by atoms with Crippen molar-refractivity contribution in [3.05, 3.63) is 48.2 Å². The van der Waals surface area contributed by atoms with Gasteiger partial charge in [-0.1, -0.05) is 12.1 Å². The first-order chi connectivity index (χ1) is 9.38. The quantitative estimate of drug-likeness (QED) is 0.938. The van der Waals surface area contributed by atoms with E-state index in [1.54, 1.807) is 12.1 Å². The number of carboxylic acid groups (broad SMARTS) is 1. The summed E-state index contributed by atoms with van der Waals surface area (Å²) < 4.78 is 41.0. The summed E-state index contributed by atoms with van der Waals surface area (Å²) in [7, 11) is 0. The molecule has 0 radical (unpaired) electrons. The predicted octanol–water partition coefficient (Wildman–Crippen LogP) is 3.35. The minimum atomic E-state index is -4.92. The van der Waals surface area contributed by atoms with Gasteiger partial charge in [-0.25, -0.2) is 4.79 Å². The smallest absolute Gasteiger partial charge is 0.478 e. The largest absolute Gasteiger partial charge is 0.573 e. The van der Waals surface area contributed by atoms with Gasteiger partial charge in [0.25, 0.3) is 0 Å². The van der Waals surface area contributed by atoms with E-state index in [2.05, 4.69) is 9.72 Å². The van der Waals surface area contributed by atoms with Crippen LogP contribution in [0.2, 0.25) is 0 Å². The molecule has 0 saturated heterocycles. The summed E-state index contributed by atoms with van der Waals surface area (Å²) in [6.45, 7) is 0. The number of rotatable bonds is 3. The zero-order valence-corrected chi connectivity index (χ0v) is 9.89. The molecule has 0 aliphatic carbocycles. The van der Waals surface area contributed by atoms with E-state index in [9.17, 15) is 18.0 Å². The third-order valence-corrected chi connectivity index (χ3v) is 2.40. The molecule has 0 aliphatic rings. The number of nitrogens with zero attached hydrogens (tertiary/aromatic N) is 1. The molecule has 0 fully saturated rings. The second kappa shape index (κ2) is 5.20. The Kier molecular flexibility index (Phi) is 3.60. The molecule has 0 spiro atoms. The average molecular weight is 283 g/mol. The highest BCUT2D eigenvalue weighted by Crippen LogP contribution is 2.35. The highest BCUT2D eigenvalue weighted by atomic mass is 19.4. The highest BCUT2D eigenvalue weighted by Gasteiger charge is 2.33. The van der Waals surface area contributed by atoms with Gasteiger partial charge in [-0.2, -0.15) is 0 Å². The van der Waals surface area contributed by atoms with E-state index in [1.807, 2.05) is 0 Å². The maximum atomic E-state index is 12.4. The molecule has 2 aromatic rings. The Labute approximate surface area is 111 Å². The molecule has 0 amide bonds. The van der Waals surface area contributed by atoms with Gasteiger partial charge < -0.3 is 9.84 Å². The summed E-state index contributed by atoms with van der Waals surface area (Å²) in [6.07, 6.45) is -3.56. The van der Waals surface area contributed by atoms with Crippen molar-refractivity contribution in [2.75, 3.05) is 0 Å². The third kappa shape index (κ3) is 3.05. The van der Waals surface area contributed by atoms with Crippen molar-refractivity contribution < 1.29 is 27.8 Å². The van der Waals surface area contributed by atoms with Gasteiger partial charge in [0.15, 0.2) is 0 Å². The van der Waals surface area contributed by atoms with Gasteiger partial charge in [0.2, 0.25) is 0 Å². The van der Waals surface area contributed by atoms with E-state index in [0.29, 0.717) is 0 Å². The molecule has 0 bridgehead atoms. The van der Waals surface area contributed by atoms with Crippen molar-refractivity contribution in [2.24, 2.45) is 0 Å². The van der Waals surface area contributed by atoms with E-state index in [1.165, 1.54) is 24.4 Å².